The van der Waals surface area contributed by atoms with Crippen LogP contribution in [0.5, 0.6) is 0 Å². The van der Waals surface area contributed by atoms with Gasteiger partial charge in [0, 0.05) is 39.9 Å². The fourth-order valence-corrected chi connectivity index (χ4v) is 3.25. The van der Waals surface area contributed by atoms with Crippen molar-refractivity contribution < 1.29 is 14.2 Å². The number of ether oxygens (including phenoxy) is 3. The molecule has 24 heavy (non-hydrogen) atoms. The van der Waals surface area contributed by atoms with Gasteiger partial charge in [-0.3, -0.25) is 0 Å². The third-order valence-corrected chi connectivity index (χ3v) is 4.49. The second-order valence-electron chi connectivity index (χ2n) is 5.55. The summed E-state index contributed by atoms with van der Waals surface area (Å²) in [4.78, 5) is 0. The molecular weight excluding hydrogens is 370 g/mol. The number of nitrogens with zero attached hydrogens (tertiary/aromatic N) is 1. The van der Waals surface area contributed by atoms with Crippen LogP contribution in [-0.4, -0.2) is 44.7 Å². The summed E-state index contributed by atoms with van der Waals surface area (Å²) in [7, 11) is 1.67. The molecule has 0 saturated carbocycles. The first-order valence-electron chi connectivity index (χ1n) is 8.12. The smallest absolute Gasteiger partial charge is 0.0701 e. The molecule has 0 fully saturated rings. The van der Waals surface area contributed by atoms with Crippen molar-refractivity contribution in [3.8, 4) is 0 Å². The summed E-state index contributed by atoms with van der Waals surface area (Å²) in [6, 6.07) is 14.9. The molecule has 0 saturated heterocycles. The normalized spacial score (nSPS) is 11.6. The van der Waals surface area contributed by atoms with Gasteiger partial charge in [0.2, 0.25) is 0 Å². The maximum absolute atomic E-state index is 5.71. The Balaban J connectivity index is 1.65. The summed E-state index contributed by atoms with van der Waals surface area (Å²) in [6.45, 7) is 3.93. The standard InChI is InChI=1S/C19H22BrNO3/c1-22-10-11-24-13-12-23-9-8-21-18-5-3-2-4-16(18)17-14-15(20)6-7-19(17)21/h2-7,14H,8-13H2,1H3. The highest BCUT2D eigenvalue weighted by Crippen LogP contribution is 2.30. The van der Waals surface area contributed by atoms with Crippen molar-refractivity contribution in [1.82, 2.24) is 4.57 Å². The van der Waals surface area contributed by atoms with Crippen LogP contribution in [0.3, 0.4) is 0 Å². The Labute approximate surface area is 150 Å². The van der Waals surface area contributed by atoms with Crippen LogP contribution in [0.1, 0.15) is 0 Å². The van der Waals surface area contributed by atoms with Crippen LogP contribution in [0.25, 0.3) is 21.8 Å². The zero-order chi connectivity index (χ0) is 16.8. The van der Waals surface area contributed by atoms with Crippen molar-refractivity contribution in [2.24, 2.45) is 0 Å². The molecule has 0 spiro atoms. The molecule has 128 valence electrons. The van der Waals surface area contributed by atoms with Gasteiger partial charge in [-0.15, -0.1) is 0 Å². The van der Waals surface area contributed by atoms with Crippen LogP contribution in [0.15, 0.2) is 46.9 Å². The van der Waals surface area contributed by atoms with Crippen LogP contribution < -0.4 is 0 Å². The molecule has 4 nitrogen and oxygen atoms in total. The van der Waals surface area contributed by atoms with Crippen LogP contribution in [0, 0.1) is 0 Å². The lowest BCUT2D eigenvalue weighted by Gasteiger charge is -2.09. The van der Waals surface area contributed by atoms with E-state index in [1.54, 1.807) is 7.11 Å². The summed E-state index contributed by atoms with van der Waals surface area (Å²) in [5.74, 6) is 0. The van der Waals surface area contributed by atoms with E-state index in [1.165, 1.54) is 21.8 Å². The van der Waals surface area contributed by atoms with Gasteiger partial charge in [0.25, 0.3) is 0 Å². The van der Waals surface area contributed by atoms with Crippen molar-refractivity contribution in [2.75, 3.05) is 40.1 Å². The lowest BCUT2D eigenvalue weighted by molar-refractivity contribution is 0.0234. The van der Waals surface area contributed by atoms with E-state index in [-0.39, 0.29) is 0 Å². The lowest BCUT2D eigenvalue weighted by atomic mass is 10.2. The molecule has 0 aliphatic heterocycles. The highest BCUT2D eigenvalue weighted by molar-refractivity contribution is 9.10. The number of aromatic nitrogens is 1. The summed E-state index contributed by atoms with van der Waals surface area (Å²) in [5, 5.41) is 2.54. The molecule has 5 heteroatoms. The van der Waals surface area contributed by atoms with E-state index in [9.17, 15) is 0 Å². The second kappa shape index (κ2) is 8.62. The molecule has 3 aromatic rings. The van der Waals surface area contributed by atoms with E-state index in [2.05, 4.69) is 63.0 Å². The van der Waals surface area contributed by atoms with E-state index < -0.39 is 0 Å². The number of benzene rings is 2. The Morgan fingerprint density at radius 1 is 0.833 bits per heavy atom. The van der Waals surface area contributed by atoms with Gasteiger partial charge >= 0.3 is 0 Å². The first-order chi connectivity index (χ1) is 11.8. The zero-order valence-corrected chi connectivity index (χ0v) is 15.4. The lowest BCUT2D eigenvalue weighted by Crippen LogP contribution is -2.11. The molecule has 0 unspecified atom stereocenters. The van der Waals surface area contributed by atoms with E-state index in [0.717, 1.165) is 11.0 Å². The van der Waals surface area contributed by atoms with Gasteiger partial charge in [-0.25, -0.2) is 0 Å². The van der Waals surface area contributed by atoms with Crippen molar-refractivity contribution in [1.29, 1.82) is 0 Å². The van der Waals surface area contributed by atoms with E-state index in [1.807, 2.05) is 0 Å². The number of rotatable bonds is 9. The molecule has 0 aliphatic rings. The van der Waals surface area contributed by atoms with E-state index >= 15 is 0 Å². The molecule has 0 bridgehead atoms. The minimum Gasteiger partial charge on any atom is -0.382 e. The molecule has 1 heterocycles. The number of hydrogen-bond acceptors (Lipinski definition) is 3. The maximum Gasteiger partial charge on any atom is 0.0701 e. The molecule has 0 radical (unpaired) electrons. The molecule has 0 atom stereocenters. The highest BCUT2D eigenvalue weighted by Gasteiger charge is 2.10. The summed E-state index contributed by atoms with van der Waals surface area (Å²) in [6.07, 6.45) is 0. The highest BCUT2D eigenvalue weighted by atomic mass is 79.9. The Hall–Kier alpha value is -1.40. The van der Waals surface area contributed by atoms with Crippen molar-refractivity contribution in [3.05, 3.63) is 46.9 Å². The fourth-order valence-electron chi connectivity index (χ4n) is 2.89. The average Bonchev–Trinajstić information content (AvgIpc) is 2.91. The van der Waals surface area contributed by atoms with E-state index in [4.69, 9.17) is 14.2 Å². The first-order valence-corrected chi connectivity index (χ1v) is 8.91. The van der Waals surface area contributed by atoms with Gasteiger partial charge in [0.15, 0.2) is 0 Å². The molecule has 0 amide bonds. The summed E-state index contributed by atoms with van der Waals surface area (Å²) in [5.41, 5.74) is 2.48. The van der Waals surface area contributed by atoms with Crippen LogP contribution in [0.4, 0.5) is 0 Å². The topological polar surface area (TPSA) is 32.6 Å². The Kier molecular flexibility index (Phi) is 6.26. The van der Waals surface area contributed by atoms with Gasteiger partial charge in [-0.2, -0.15) is 0 Å². The van der Waals surface area contributed by atoms with Crippen LogP contribution in [-0.2, 0) is 20.8 Å². The van der Waals surface area contributed by atoms with Gasteiger partial charge in [-0.1, -0.05) is 34.1 Å². The third-order valence-electron chi connectivity index (χ3n) is 4.00. The quantitative estimate of drug-likeness (QED) is 0.511. The van der Waals surface area contributed by atoms with Gasteiger partial charge < -0.3 is 18.8 Å². The predicted molar refractivity (Wildman–Crippen MR) is 101 cm³/mol. The summed E-state index contributed by atoms with van der Waals surface area (Å²) < 4.78 is 19.5. The Morgan fingerprint density at radius 2 is 1.54 bits per heavy atom. The number of methoxy groups -OCH3 is 1. The minimum absolute atomic E-state index is 0.601. The van der Waals surface area contributed by atoms with Crippen molar-refractivity contribution >= 4 is 37.7 Å². The Morgan fingerprint density at radius 3 is 2.38 bits per heavy atom. The van der Waals surface area contributed by atoms with Gasteiger partial charge in [-0.05, 0) is 24.3 Å². The SMILES string of the molecule is COCCOCCOCCn1c2ccccc2c2cc(Br)ccc21. The average molecular weight is 392 g/mol. The molecule has 3 rings (SSSR count). The molecule has 2 aromatic carbocycles. The van der Waals surface area contributed by atoms with Crippen LogP contribution >= 0.6 is 15.9 Å². The second-order valence-corrected chi connectivity index (χ2v) is 6.46. The Bertz CT molecular complexity index is 800. The molecule has 0 aliphatic carbocycles. The van der Waals surface area contributed by atoms with Crippen molar-refractivity contribution in [2.45, 2.75) is 6.54 Å². The van der Waals surface area contributed by atoms with E-state index in [0.29, 0.717) is 33.0 Å². The zero-order valence-electron chi connectivity index (χ0n) is 13.8. The largest absolute Gasteiger partial charge is 0.382 e. The fraction of sp³-hybridized carbons (Fsp3) is 0.368. The number of para-hydroxylation sites is 1. The summed E-state index contributed by atoms with van der Waals surface area (Å²) >= 11 is 3.57. The minimum atomic E-state index is 0.601. The van der Waals surface area contributed by atoms with Gasteiger partial charge in [0.1, 0.15) is 0 Å². The number of hydrogen-bond donors (Lipinski definition) is 0. The third kappa shape index (κ3) is 3.98. The molecule has 1 aromatic heterocycles. The molecule has 0 N–H and O–H groups in total. The first kappa shape index (κ1) is 17.4. The van der Waals surface area contributed by atoms with Crippen molar-refractivity contribution in [3.63, 3.8) is 0 Å². The maximum atomic E-state index is 5.71. The molecular formula is C19H22BrNO3. The predicted octanol–water partition coefficient (Wildman–Crippen LogP) is 4.24. The number of fused-ring (bicyclic) bond motifs is 3. The van der Waals surface area contributed by atoms with Gasteiger partial charge in [0.05, 0.1) is 33.0 Å². The monoisotopic (exact) mass is 391 g/mol. The number of halogens is 1. The van der Waals surface area contributed by atoms with Crippen LogP contribution in [0.2, 0.25) is 0 Å².